The Bertz CT molecular complexity index is 515. The van der Waals surface area contributed by atoms with Crippen LogP contribution >= 0.6 is 15.9 Å². The second-order valence-electron chi connectivity index (χ2n) is 6.52. The lowest BCUT2D eigenvalue weighted by Crippen LogP contribution is -2.42. The van der Waals surface area contributed by atoms with Crippen molar-refractivity contribution in [2.45, 2.75) is 58.7 Å². The highest BCUT2D eigenvalue weighted by Gasteiger charge is 2.17. The van der Waals surface area contributed by atoms with Gasteiger partial charge in [0, 0.05) is 29.2 Å². The van der Waals surface area contributed by atoms with Crippen LogP contribution in [0.5, 0.6) is 5.75 Å². The van der Waals surface area contributed by atoms with E-state index in [2.05, 4.69) is 33.5 Å². The molecule has 0 aliphatic heterocycles. The van der Waals surface area contributed by atoms with E-state index in [1.807, 2.05) is 26.8 Å². The van der Waals surface area contributed by atoms with Crippen molar-refractivity contribution in [2.75, 3.05) is 6.54 Å². The van der Waals surface area contributed by atoms with E-state index in [9.17, 15) is 9.90 Å². The van der Waals surface area contributed by atoms with E-state index in [-0.39, 0.29) is 11.8 Å². The molecule has 0 aromatic heterocycles. The molecule has 1 aromatic carbocycles. The van der Waals surface area contributed by atoms with E-state index in [1.54, 1.807) is 12.1 Å². The molecule has 0 spiro atoms. The van der Waals surface area contributed by atoms with Crippen LogP contribution < -0.4 is 10.6 Å². The van der Waals surface area contributed by atoms with E-state index in [1.165, 1.54) is 0 Å². The summed E-state index contributed by atoms with van der Waals surface area (Å²) < 4.78 is 6.16. The molecule has 1 unspecified atom stereocenters. The molecule has 0 bridgehead atoms. The number of hydrogen-bond acceptors (Lipinski definition) is 4. The minimum atomic E-state index is -0.500. The normalized spacial score (nSPS) is 12.7. The van der Waals surface area contributed by atoms with E-state index in [0.717, 1.165) is 22.9 Å². The zero-order valence-electron chi connectivity index (χ0n) is 14.3. The molecule has 0 aliphatic carbocycles. The molecule has 23 heavy (non-hydrogen) atoms. The summed E-state index contributed by atoms with van der Waals surface area (Å²) in [5, 5.41) is 16.0. The number of rotatable bonds is 7. The monoisotopic (exact) mass is 386 g/mol. The highest BCUT2D eigenvalue weighted by atomic mass is 79.9. The topological polar surface area (TPSA) is 70.6 Å². The quantitative estimate of drug-likeness (QED) is 0.663. The summed E-state index contributed by atoms with van der Waals surface area (Å²) in [5.74, 6) is 0.260. The number of aromatic hydroxyl groups is 1. The van der Waals surface area contributed by atoms with Gasteiger partial charge in [0.25, 0.3) is 0 Å². The lowest BCUT2D eigenvalue weighted by atomic mass is 10.1. The van der Waals surface area contributed by atoms with Gasteiger partial charge in [0.15, 0.2) is 0 Å². The Morgan fingerprint density at radius 3 is 2.70 bits per heavy atom. The number of amides is 1. The average molecular weight is 387 g/mol. The average Bonchev–Trinajstić information content (AvgIpc) is 2.43. The smallest absolute Gasteiger partial charge is 0.407 e. The fourth-order valence-electron chi connectivity index (χ4n) is 2.10. The maximum absolute atomic E-state index is 11.7. The van der Waals surface area contributed by atoms with Crippen molar-refractivity contribution in [1.29, 1.82) is 0 Å². The Morgan fingerprint density at radius 1 is 1.39 bits per heavy atom. The lowest BCUT2D eigenvalue weighted by Gasteiger charge is -2.22. The standard InChI is InChI=1S/C17H27BrN2O3/c1-5-6-14(11-20-16(22)23-17(2,3)4)19-10-12-9-13(18)7-8-15(12)21/h7-9,14,19,21H,5-6,10-11H2,1-4H3,(H,20,22). The number of nitrogens with one attached hydrogen (secondary N) is 2. The van der Waals surface area contributed by atoms with Gasteiger partial charge < -0.3 is 20.5 Å². The van der Waals surface area contributed by atoms with Crippen LogP contribution in [-0.4, -0.2) is 29.4 Å². The van der Waals surface area contributed by atoms with Crippen molar-refractivity contribution in [1.82, 2.24) is 10.6 Å². The SMILES string of the molecule is CCCC(CNC(=O)OC(C)(C)C)NCc1cc(Br)ccc1O. The molecule has 0 heterocycles. The van der Waals surface area contributed by atoms with E-state index < -0.39 is 11.7 Å². The zero-order chi connectivity index (χ0) is 17.5. The third kappa shape index (κ3) is 8.23. The number of phenols is 1. The van der Waals surface area contributed by atoms with Crippen LogP contribution in [-0.2, 0) is 11.3 Å². The van der Waals surface area contributed by atoms with Crippen molar-refractivity contribution in [2.24, 2.45) is 0 Å². The molecule has 3 N–H and O–H groups in total. The minimum Gasteiger partial charge on any atom is -0.508 e. The summed E-state index contributed by atoms with van der Waals surface area (Å²) in [6.45, 7) is 8.63. The Morgan fingerprint density at radius 2 is 2.09 bits per heavy atom. The van der Waals surface area contributed by atoms with Crippen molar-refractivity contribution in [3.05, 3.63) is 28.2 Å². The number of carbonyl (C=O) groups is 1. The van der Waals surface area contributed by atoms with Gasteiger partial charge in [-0.05, 0) is 45.4 Å². The molecule has 0 saturated heterocycles. The molecular weight excluding hydrogens is 360 g/mol. The Kier molecular flexibility index (Phi) is 7.85. The second-order valence-corrected chi connectivity index (χ2v) is 7.44. The van der Waals surface area contributed by atoms with Gasteiger partial charge in [0.05, 0.1) is 0 Å². The number of ether oxygens (including phenoxy) is 1. The van der Waals surface area contributed by atoms with Crippen molar-refractivity contribution < 1.29 is 14.6 Å². The number of halogens is 1. The van der Waals surface area contributed by atoms with Crippen LogP contribution in [0.2, 0.25) is 0 Å². The lowest BCUT2D eigenvalue weighted by molar-refractivity contribution is 0.0521. The molecule has 1 amide bonds. The van der Waals surface area contributed by atoms with Gasteiger partial charge in [-0.1, -0.05) is 29.3 Å². The Hall–Kier alpha value is -1.27. The third-order valence-corrected chi connectivity index (χ3v) is 3.64. The number of hydrogen-bond donors (Lipinski definition) is 3. The molecule has 0 fully saturated rings. The van der Waals surface area contributed by atoms with Crippen molar-refractivity contribution >= 4 is 22.0 Å². The van der Waals surface area contributed by atoms with Gasteiger partial charge in [-0.15, -0.1) is 0 Å². The van der Waals surface area contributed by atoms with Gasteiger partial charge in [0.1, 0.15) is 11.4 Å². The van der Waals surface area contributed by atoms with E-state index in [0.29, 0.717) is 13.1 Å². The predicted octanol–water partition coefficient (Wildman–Crippen LogP) is 3.94. The van der Waals surface area contributed by atoms with Crippen LogP contribution in [0.4, 0.5) is 4.79 Å². The maximum atomic E-state index is 11.7. The molecular formula is C17H27BrN2O3. The first kappa shape index (κ1) is 19.8. The third-order valence-electron chi connectivity index (χ3n) is 3.15. The summed E-state index contributed by atoms with van der Waals surface area (Å²) in [5.41, 5.74) is 0.317. The number of phenolic OH excluding ortho intramolecular Hbond substituents is 1. The van der Waals surface area contributed by atoms with Crippen molar-refractivity contribution in [3.63, 3.8) is 0 Å². The van der Waals surface area contributed by atoms with Crippen LogP contribution in [0, 0.1) is 0 Å². The first-order valence-electron chi connectivity index (χ1n) is 7.89. The van der Waals surface area contributed by atoms with Gasteiger partial charge in [0.2, 0.25) is 0 Å². The first-order valence-corrected chi connectivity index (χ1v) is 8.68. The van der Waals surface area contributed by atoms with Crippen LogP contribution in [0.1, 0.15) is 46.1 Å². The molecule has 0 saturated carbocycles. The number of alkyl carbamates (subject to hydrolysis) is 1. The molecule has 130 valence electrons. The number of benzene rings is 1. The summed E-state index contributed by atoms with van der Waals surface area (Å²) >= 11 is 3.40. The Balaban J connectivity index is 2.51. The van der Waals surface area contributed by atoms with Gasteiger partial charge in [-0.25, -0.2) is 4.79 Å². The molecule has 0 radical (unpaired) electrons. The minimum absolute atomic E-state index is 0.117. The Labute approximate surface area is 146 Å². The molecule has 1 aromatic rings. The van der Waals surface area contributed by atoms with Crippen LogP contribution in [0.3, 0.4) is 0 Å². The zero-order valence-corrected chi connectivity index (χ0v) is 15.9. The largest absolute Gasteiger partial charge is 0.508 e. The molecule has 6 heteroatoms. The summed E-state index contributed by atoms with van der Waals surface area (Å²) in [6.07, 6.45) is 1.51. The number of carbonyl (C=O) groups excluding carboxylic acids is 1. The van der Waals surface area contributed by atoms with E-state index in [4.69, 9.17) is 4.74 Å². The molecule has 0 aliphatic rings. The van der Waals surface area contributed by atoms with Crippen LogP contribution in [0.25, 0.3) is 0 Å². The molecule has 1 rings (SSSR count). The summed E-state index contributed by atoms with van der Waals surface area (Å²) in [6, 6.07) is 5.46. The summed E-state index contributed by atoms with van der Waals surface area (Å²) in [4.78, 5) is 11.7. The first-order chi connectivity index (χ1) is 10.7. The van der Waals surface area contributed by atoms with Crippen LogP contribution in [0.15, 0.2) is 22.7 Å². The van der Waals surface area contributed by atoms with Crippen molar-refractivity contribution in [3.8, 4) is 5.75 Å². The highest BCUT2D eigenvalue weighted by Crippen LogP contribution is 2.21. The highest BCUT2D eigenvalue weighted by molar-refractivity contribution is 9.10. The second kappa shape index (κ2) is 9.13. The van der Waals surface area contributed by atoms with Gasteiger partial charge in [-0.3, -0.25) is 0 Å². The fourth-order valence-corrected chi connectivity index (χ4v) is 2.50. The predicted molar refractivity (Wildman–Crippen MR) is 95.6 cm³/mol. The van der Waals surface area contributed by atoms with Gasteiger partial charge >= 0.3 is 6.09 Å². The molecule has 5 nitrogen and oxygen atoms in total. The fraction of sp³-hybridized carbons (Fsp3) is 0.588. The maximum Gasteiger partial charge on any atom is 0.407 e. The molecule has 1 atom stereocenters. The summed E-state index contributed by atoms with van der Waals surface area (Å²) in [7, 11) is 0. The van der Waals surface area contributed by atoms with E-state index >= 15 is 0 Å². The van der Waals surface area contributed by atoms with Gasteiger partial charge in [-0.2, -0.15) is 0 Å².